The first-order chi connectivity index (χ1) is 14.5. The first-order valence-corrected chi connectivity index (χ1v) is 11.2. The summed E-state index contributed by atoms with van der Waals surface area (Å²) in [6.07, 6.45) is 2.73. The highest BCUT2D eigenvalue weighted by Crippen LogP contribution is 2.52. The summed E-state index contributed by atoms with van der Waals surface area (Å²) in [5, 5.41) is 8.99. The quantitative estimate of drug-likeness (QED) is 0.597. The number of nitrogens with one attached hydrogen (secondary N) is 3. The van der Waals surface area contributed by atoms with Gasteiger partial charge in [-0.2, -0.15) is 0 Å². The second-order valence-corrected chi connectivity index (χ2v) is 10.4. The minimum atomic E-state index is -1.11. The zero-order valence-corrected chi connectivity index (χ0v) is 19.7. The second-order valence-electron chi connectivity index (χ2n) is 8.60. The molecular weight excluding hydrogens is 461 g/mol. The molecule has 1 saturated heterocycles. The summed E-state index contributed by atoms with van der Waals surface area (Å²) in [5.74, 6) is -0.491. The molecule has 1 unspecified atom stereocenters. The number of amides is 4. The SMILES string of the molecule is CC(C)(C)c1sc(NC(=O)Nc2c(Cl)cncc2Cl)c2c1C1(C)C(=O)NCCN1C2=O. The highest BCUT2D eigenvalue weighted by Gasteiger charge is 2.57. The fraction of sp³-hybridized carbons (Fsp3) is 0.400. The maximum absolute atomic E-state index is 13.3. The molecule has 2 aromatic heterocycles. The number of aromatic nitrogens is 1. The standard InChI is InChI=1S/C20H21Cl2N5O3S/c1-19(2,3)14-12-11(16(28)27-6-5-24-17(29)20(12,27)4)15(31-14)26-18(30)25-13-9(21)7-23-8-10(13)22/h7-8H,5-6H2,1-4H3,(H,24,29)(H2,23,25,26,30). The second kappa shape index (κ2) is 7.36. The summed E-state index contributed by atoms with van der Waals surface area (Å²) in [4.78, 5) is 45.3. The number of piperazine rings is 1. The van der Waals surface area contributed by atoms with Crippen LogP contribution in [0.4, 0.5) is 15.5 Å². The average molecular weight is 482 g/mol. The molecule has 3 N–H and O–H groups in total. The van der Waals surface area contributed by atoms with Crippen LogP contribution in [-0.4, -0.2) is 40.8 Å². The van der Waals surface area contributed by atoms with Crippen LogP contribution >= 0.6 is 34.5 Å². The van der Waals surface area contributed by atoms with Crippen LogP contribution in [0.25, 0.3) is 0 Å². The molecule has 2 aliphatic heterocycles. The molecule has 2 aromatic rings. The molecule has 0 aromatic carbocycles. The highest BCUT2D eigenvalue weighted by atomic mass is 35.5. The number of carbonyl (C=O) groups excluding carboxylic acids is 3. The van der Waals surface area contributed by atoms with Crippen LogP contribution in [0.3, 0.4) is 0 Å². The number of thiophene rings is 1. The number of carbonyl (C=O) groups is 3. The van der Waals surface area contributed by atoms with Crippen molar-refractivity contribution in [2.45, 2.75) is 38.6 Å². The Morgan fingerprint density at radius 2 is 1.87 bits per heavy atom. The Balaban J connectivity index is 1.77. The van der Waals surface area contributed by atoms with Crippen molar-refractivity contribution in [3.8, 4) is 0 Å². The summed E-state index contributed by atoms with van der Waals surface area (Å²) in [6.45, 7) is 8.58. The van der Waals surface area contributed by atoms with Gasteiger partial charge >= 0.3 is 6.03 Å². The molecule has 0 radical (unpaired) electrons. The van der Waals surface area contributed by atoms with Crippen LogP contribution in [0.2, 0.25) is 10.0 Å². The fourth-order valence-electron chi connectivity index (χ4n) is 3.98. The van der Waals surface area contributed by atoms with Gasteiger partial charge in [0.25, 0.3) is 5.91 Å². The largest absolute Gasteiger partial charge is 0.352 e. The van der Waals surface area contributed by atoms with Crippen molar-refractivity contribution in [2.24, 2.45) is 0 Å². The van der Waals surface area contributed by atoms with Crippen LogP contribution in [0.1, 0.15) is 48.5 Å². The van der Waals surface area contributed by atoms with Crippen LogP contribution in [0.5, 0.6) is 0 Å². The van der Waals surface area contributed by atoms with Gasteiger partial charge in [-0.3, -0.25) is 19.9 Å². The zero-order chi connectivity index (χ0) is 22.7. The maximum atomic E-state index is 13.3. The molecule has 0 spiro atoms. The zero-order valence-electron chi connectivity index (χ0n) is 17.4. The molecule has 4 rings (SSSR count). The van der Waals surface area contributed by atoms with E-state index in [1.807, 2.05) is 20.8 Å². The van der Waals surface area contributed by atoms with Crippen molar-refractivity contribution in [3.63, 3.8) is 0 Å². The van der Waals surface area contributed by atoms with Crippen molar-refractivity contribution in [1.82, 2.24) is 15.2 Å². The predicted molar refractivity (Wildman–Crippen MR) is 121 cm³/mol. The molecule has 8 nitrogen and oxygen atoms in total. The lowest BCUT2D eigenvalue weighted by Crippen LogP contribution is -2.59. The third kappa shape index (κ3) is 3.35. The average Bonchev–Trinajstić information content (AvgIpc) is 3.16. The number of nitrogens with zero attached hydrogens (tertiary/aromatic N) is 2. The highest BCUT2D eigenvalue weighted by molar-refractivity contribution is 7.17. The number of hydrogen-bond acceptors (Lipinski definition) is 5. The monoisotopic (exact) mass is 481 g/mol. The van der Waals surface area contributed by atoms with Crippen molar-refractivity contribution in [3.05, 3.63) is 38.4 Å². The van der Waals surface area contributed by atoms with Crippen molar-refractivity contribution in [2.75, 3.05) is 23.7 Å². The topological polar surface area (TPSA) is 103 Å². The fourth-order valence-corrected chi connectivity index (χ4v) is 5.79. The molecule has 0 aliphatic carbocycles. The van der Waals surface area contributed by atoms with Gasteiger partial charge in [0.1, 0.15) is 10.5 Å². The number of halogens is 2. The van der Waals surface area contributed by atoms with E-state index in [1.54, 1.807) is 11.8 Å². The lowest BCUT2D eigenvalue weighted by Gasteiger charge is -2.40. The van der Waals surface area contributed by atoms with E-state index in [4.69, 9.17) is 23.2 Å². The number of anilines is 2. The van der Waals surface area contributed by atoms with Crippen molar-refractivity contribution in [1.29, 1.82) is 0 Å². The third-order valence-corrected chi connectivity index (χ3v) is 7.56. The minimum Gasteiger partial charge on any atom is -0.352 e. The summed E-state index contributed by atoms with van der Waals surface area (Å²) in [5.41, 5.74) is -0.230. The smallest absolute Gasteiger partial charge is 0.324 e. The van der Waals surface area contributed by atoms with E-state index in [1.165, 1.54) is 23.7 Å². The summed E-state index contributed by atoms with van der Waals surface area (Å²) >= 11 is 13.5. The van der Waals surface area contributed by atoms with E-state index >= 15 is 0 Å². The van der Waals surface area contributed by atoms with E-state index in [9.17, 15) is 14.4 Å². The lowest BCUT2D eigenvalue weighted by atomic mass is 9.82. The molecule has 1 atom stereocenters. The van der Waals surface area contributed by atoms with Gasteiger partial charge in [0.2, 0.25) is 5.91 Å². The van der Waals surface area contributed by atoms with Crippen LogP contribution in [-0.2, 0) is 15.7 Å². The van der Waals surface area contributed by atoms with E-state index in [2.05, 4.69) is 20.9 Å². The molecule has 4 heterocycles. The van der Waals surface area contributed by atoms with Gasteiger partial charge in [-0.25, -0.2) is 4.79 Å². The summed E-state index contributed by atoms with van der Waals surface area (Å²) in [6, 6.07) is -0.605. The Hall–Kier alpha value is -2.36. The molecule has 0 saturated carbocycles. The Labute approximate surface area is 193 Å². The molecule has 0 bridgehead atoms. The van der Waals surface area contributed by atoms with Crippen LogP contribution < -0.4 is 16.0 Å². The van der Waals surface area contributed by atoms with Gasteiger partial charge in [-0.15, -0.1) is 11.3 Å². The molecular formula is C20H21Cl2N5O3S. The molecule has 2 aliphatic rings. The Morgan fingerprint density at radius 1 is 1.23 bits per heavy atom. The predicted octanol–water partition coefficient (Wildman–Crippen LogP) is 4.19. The van der Waals surface area contributed by atoms with Crippen LogP contribution in [0.15, 0.2) is 12.4 Å². The van der Waals surface area contributed by atoms with Gasteiger partial charge < -0.3 is 15.5 Å². The van der Waals surface area contributed by atoms with E-state index < -0.39 is 11.6 Å². The van der Waals surface area contributed by atoms with Crippen molar-refractivity contribution >= 4 is 63.1 Å². The first kappa shape index (κ1) is 21.9. The van der Waals surface area contributed by atoms with Gasteiger partial charge in [-0.1, -0.05) is 44.0 Å². The minimum absolute atomic E-state index is 0.187. The molecule has 31 heavy (non-hydrogen) atoms. The molecule has 11 heteroatoms. The Kier molecular flexibility index (Phi) is 5.19. The normalized spacial score (nSPS) is 20.3. The van der Waals surface area contributed by atoms with Crippen LogP contribution in [0, 0.1) is 0 Å². The number of fused-ring (bicyclic) bond motifs is 3. The third-order valence-electron chi connectivity index (χ3n) is 5.46. The van der Waals surface area contributed by atoms with Gasteiger partial charge in [0, 0.05) is 35.9 Å². The lowest BCUT2D eigenvalue weighted by molar-refractivity contribution is -0.134. The van der Waals surface area contributed by atoms with Gasteiger partial charge in [0.15, 0.2) is 0 Å². The summed E-state index contributed by atoms with van der Waals surface area (Å²) < 4.78 is 0. The maximum Gasteiger partial charge on any atom is 0.324 e. The summed E-state index contributed by atoms with van der Waals surface area (Å²) in [7, 11) is 0. The van der Waals surface area contributed by atoms with Gasteiger partial charge in [-0.05, 0) is 12.3 Å². The van der Waals surface area contributed by atoms with E-state index in [0.717, 1.165) is 4.88 Å². The molecule has 164 valence electrons. The van der Waals surface area contributed by atoms with Gasteiger partial charge in [0.05, 0.1) is 21.3 Å². The Bertz CT molecular complexity index is 1110. The molecule has 1 fully saturated rings. The number of rotatable bonds is 2. The Morgan fingerprint density at radius 3 is 2.48 bits per heavy atom. The number of pyridine rings is 1. The van der Waals surface area contributed by atoms with E-state index in [-0.39, 0.29) is 33.0 Å². The van der Waals surface area contributed by atoms with E-state index in [0.29, 0.717) is 29.2 Å². The molecule has 4 amide bonds. The number of hydrogen-bond donors (Lipinski definition) is 3. The van der Waals surface area contributed by atoms with Crippen molar-refractivity contribution < 1.29 is 14.4 Å². The number of urea groups is 1. The first-order valence-electron chi connectivity index (χ1n) is 9.61.